The van der Waals surface area contributed by atoms with Crippen LogP contribution >= 0.6 is 0 Å². The first-order valence-electron chi connectivity index (χ1n) is 9.15. The Hall–Kier alpha value is -2.67. The summed E-state index contributed by atoms with van der Waals surface area (Å²) in [5.41, 5.74) is -2.16. The topological polar surface area (TPSA) is 89.3 Å². The monoisotopic (exact) mass is 450 g/mol. The fourth-order valence-electron chi connectivity index (χ4n) is 4.21. The van der Waals surface area contributed by atoms with E-state index >= 15 is 0 Å². The standard InChI is InChI=1S/C18H16F6N4O3/c1-28-8(5-11(27-28)18(22,23)24)13-14(10-6-9(29)15(13)31-10)16(30)26-12-4-7(2-3-25-12)17(19,20)21/h2-5,9-10,13-15,29H,6H2,1H3,(H,25,26,30)/t9-,10+,13+,14-,15-/m0/s1. The molecule has 4 heterocycles. The molecule has 31 heavy (non-hydrogen) atoms. The van der Waals surface area contributed by atoms with E-state index in [1.807, 2.05) is 0 Å². The van der Waals surface area contributed by atoms with Crippen LogP contribution in [0.4, 0.5) is 32.2 Å². The Kier molecular flexibility index (Phi) is 5.00. The van der Waals surface area contributed by atoms with Gasteiger partial charge in [0.1, 0.15) is 5.82 Å². The van der Waals surface area contributed by atoms with E-state index in [0.29, 0.717) is 6.07 Å². The molecular formula is C18H16F6N4O3. The van der Waals surface area contributed by atoms with Crippen molar-refractivity contribution < 1.29 is 41.0 Å². The molecule has 2 aromatic heterocycles. The van der Waals surface area contributed by atoms with Gasteiger partial charge >= 0.3 is 12.4 Å². The fraction of sp³-hybridized carbons (Fsp3) is 0.500. The lowest BCUT2D eigenvalue weighted by atomic mass is 9.75. The summed E-state index contributed by atoms with van der Waals surface area (Å²) in [6, 6.07) is 2.18. The lowest BCUT2D eigenvalue weighted by Crippen LogP contribution is -2.41. The Morgan fingerprint density at radius 3 is 2.55 bits per heavy atom. The Morgan fingerprint density at radius 2 is 1.94 bits per heavy atom. The van der Waals surface area contributed by atoms with Gasteiger partial charge in [0.2, 0.25) is 5.91 Å². The number of nitrogens with one attached hydrogen (secondary N) is 1. The largest absolute Gasteiger partial charge is 0.435 e. The number of aromatic nitrogens is 3. The fourth-order valence-corrected chi connectivity index (χ4v) is 4.21. The number of anilines is 1. The van der Waals surface area contributed by atoms with Crippen molar-refractivity contribution in [3.8, 4) is 0 Å². The number of aliphatic hydroxyl groups is 1. The van der Waals surface area contributed by atoms with Gasteiger partial charge < -0.3 is 15.2 Å². The predicted octanol–water partition coefficient (Wildman–Crippen LogP) is 2.72. The summed E-state index contributed by atoms with van der Waals surface area (Å²) in [5.74, 6) is -3.16. The number of hydrogen-bond donors (Lipinski definition) is 2. The number of halogens is 6. The number of carbonyl (C=O) groups excluding carboxylic acids is 1. The normalized spacial score (nSPS) is 28.2. The van der Waals surface area contributed by atoms with Gasteiger partial charge in [-0.2, -0.15) is 31.4 Å². The minimum Gasteiger partial charge on any atom is -0.390 e. The maximum absolute atomic E-state index is 13.1. The number of aliphatic hydroxyl groups excluding tert-OH is 1. The molecule has 2 aromatic rings. The van der Waals surface area contributed by atoms with Crippen LogP contribution < -0.4 is 5.32 Å². The summed E-state index contributed by atoms with van der Waals surface area (Å²) in [7, 11) is 1.27. The van der Waals surface area contributed by atoms with Gasteiger partial charge in [-0.1, -0.05) is 0 Å². The molecular weight excluding hydrogens is 434 g/mol. The number of carbonyl (C=O) groups is 1. The summed E-state index contributed by atoms with van der Waals surface area (Å²) in [6.07, 6.45) is -11.2. The van der Waals surface area contributed by atoms with E-state index in [0.717, 1.165) is 23.0 Å². The highest BCUT2D eigenvalue weighted by Gasteiger charge is 2.58. The molecule has 2 saturated heterocycles. The van der Waals surface area contributed by atoms with Crippen molar-refractivity contribution in [2.75, 3.05) is 5.32 Å². The lowest BCUT2D eigenvalue weighted by molar-refractivity contribution is -0.141. The molecule has 2 aliphatic rings. The predicted molar refractivity (Wildman–Crippen MR) is 91.6 cm³/mol. The van der Waals surface area contributed by atoms with Crippen molar-refractivity contribution >= 4 is 11.7 Å². The Bertz CT molecular complexity index is 1000. The minimum absolute atomic E-state index is 0.0238. The molecule has 7 nitrogen and oxygen atoms in total. The maximum atomic E-state index is 13.1. The van der Waals surface area contributed by atoms with Crippen molar-refractivity contribution in [1.82, 2.24) is 14.8 Å². The van der Waals surface area contributed by atoms with Gasteiger partial charge in [0, 0.05) is 31.3 Å². The first kappa shape index (κ1) is 21.6. The number of ether oxygens (including phenoxy) is 1. The summed E-state index contributed by atoms with van der Waals surface area (Å²) < 4.78 is 84.5. The summed E-state index contributed by atoms with van der Waals surface area (Å²) >= 11 is 0. The smallest absolute Gasteiger partial charge is 0.390 e. The third-order valence-electron chi connectivity index (χ3n) is 5.52. The van der Waals surface area contributed by atoms with E-state index in [-0.39, 0.29) is 17.9 Å². The van der Waals surface area contributed by atoms with Crippen LogP contribution in [0.1, 0.15) is 29.3 Å². The van der Waals surface area contributed by atoms with Crippen LogP contribution in [-0.2, 0) is 28.9 Å². The third kappa shape index (κ3) is 3.87. The quantitative estimate of drug-likeness (QED) is 0.703. The average Bonchev–Trinajstić information content (AvgIpc) is 3.32. The zero-order chi connectivity index (χ0) is 22.7. The van der Waals surface area contributed by atoms with Gasteiger partial charge in [-0.05, 0) is 18.2 Å². The van der Waals surface area contributed by atoms with Crippen molar-refractivity contribution in [2.24, 2.45) is 13.0 Å². The number of rotatable bonds is 3. The highest BCUT2D eigenvalue weighted by Crippen LogP contribution is 2.50. The molecule has 2 aliphatic heterocycles. The third-order valence-corrected chi connectivity index (χ3v) is 5.52. The van der Waals surface area contributed by atoms with Crippen LogP contribution in [-0.4, -0.2) is 44.1 Å². The first-order chi connectivity index (χ1) is 14.4. The van der Waals surface area contributed by atoms with Crippen molar-refractivity contribution in [3.05, 3.63) is 41.3 Å². The minimum atomic E-state index is -4.72. The highest BCUT2D eigenvalue weighted by molar-refractivity contribution is 5.93. The van der Waals surface area contributed by atoms with Crippen LogP contribution in [0, 0.1) is 5.92 Å². The van der Waals surface area contributed by atoms with Gasteiger partial charge in [0.05, 0.1) is 29.8 Å². The molecule has 0 spiro atoms. The van der Waals surface area contributed by atoms with Gasteiger partial charge in [0.25, 0.3) is 0 Å². The zero-order valence-electron chi connectivity index (χ0n) is 15.8. The highest BCUT2D eigenvalue weighted by atomic mass is 19.4. The van der Waals surface area contributed by atoms with E-state index in [1.165, 1.54) is 7.05 Å². The Balaban J connectivity index is 1.64. The number of amides is 1. The van der Waals surface area contributed by atoms with Gasteiger partial charge in [-0.25, -0.2) is 4.98 Å². The van der Waals surface area contributed by atoms with Crippen molar-refractivity contribution in [1.29, 1.82) is 0 Å². The molecule has 2 bridgehead atoms. The second-order valence-corrected chi connectivity index (χ2v) is 7.49. The van der Waals surface area contributed by atoms with Crippen LogP contribution in [0.2, 0.25) is 0 Å². The van der Waals surface area contributed by atoms with E-state index in [1.54, 1.807) is 0 Å². The summed E-state index contributed by atoms with van der Waals surface area (Å²) in [5, 5.41) is 15.9. The first-order valence-corrected chi connectivity index (χ1v) is 9.15. The number of hydrogen-bond acceptors (Lipinski definition) is 5. The Morgan fingerprint density at radius 1 is 1.23 bits per heavy atom. The van der Waals surface area contributed by atoms with E-state index in [2.05, 4.69) is 15.4 Å². The second-order valence-electron chi connectivity index (χ2n) is 7.49. The molecule has 0 aromatic carbocycles. The molecule has 5 atom stereocenters. The molecule has 0 saturated carbocycles. The summed E-state index contributed by atoms with van der Waals surface area (Å²) in [4.78, 5) is 16.6. The number of alkyl halides is 6. The SMILES string of the molecule is Cn1nc(C(F)(F)F)cc1[C@H]1[C@H]2O[C@H](C[C@@H]2O)[C@@H]1C(=O)Nc1cc(C(F)(F)F)ccn1. The number of pyridine rings is 1. The van der Waals surface area contributed by atoms with Crippen LogP contribution in [0.3, 0.4) is 0 Å². The molecule has 2 fully saturated rings. The van der Waals surface area contributed by atoms with Gasteiger partial charge in [-0.15, -0.1) is 0 Å². The number of fused-ring (bicyclic) bond motifs is 2. The number of nitrogens with zero attached hydrogens (tertiary/aromatic N) is 3. The molecule has 168 valence electrons. The maximum Gasteiger partial charge on any atom is 0.435 e. The average molecular weight is 450 g/mol. The van der Waals surface area contributed by atoms with Crippen LogP contribution in [0.15, 0.2) is 24.4 Å². The molecule has 0 aliphatic carbocycles. The summed E-state index contributed by atoms with van der Waals surface area (Å²) in [6.45, 7) is 0. The van der Waals surface area contributed by atoms with E-state index < -0.39 is 59.7 Å². The molecule has 0 unspecified atom stereocenters. The second kappa shape index (κ2) is 7.19. The van der Waals surface area contributed by atoms with E-state index in [4.69, 9.17) is 4.74 Å². The molecule has 2 N–H and O–H groups in total. The number of aryl methyl sites for hydroxylation is 1. The van der Waals surface area contributed by atoms with Gasteiger partial charge in [0.15, 0.2) is 5.69 Å². The molecule has 0 radical (unpaired) electrons. The molecule has 13 heteroatoms. The van der Waals surface area contributed by atoms with Gasteiger partial charge in [-0.3, -0.25) is 9.48 Å². The van der Waals surface area contributed by atoms with E-state index in [9.17, 15) is 36.2 Å². The Labute approximate surface area is 171 Å². The zero-order valence-corrected chi connectivity index (χ0v) is 15.8. The van der Waals surface area contributed by atoms with Crippen molar-refractivity contribution in [2.45, 2.75) is 43.0 Å². The molecule has 4 rings (SSSR count). The lowest BCUT2D eigenvalue weighted by Gasteiger charge is -2.29. The van der Waals surface area contributed by atoms with Crippen LogP contribution in [0.5, 0.6) is 0 Å². The molecule has 1 amide bonds. The van der Waals surface area contributed by atoms with Crippen LogP contribution in [0.25, 0.3) is 0 Å². The van der Waals surface area contributed by atoms with Crippen molar-refractivity contribution in [3.63, 3.8) is 0 Å².